The van der Waals surface area contributed by atoms with E-state index in [1.807, 2.05) is 53.4 Å². The standard InChI is InChI=1S/C34H34N2O6/c1-35(28(37)12-9-23-15-19-41-21-23)25-14-16-34(39)27-20-24-10-11-26(40-2)31-30(24)33(34,32(25)42-31)17-18-36(27)29(38)13-8-22-6-4-3-5-7-22/h3-13,15,19,21,25,27,32,39H,14,16-18,20H2,1-2H3/b12-9+,13-8+/t25-,27-,32+,33?,34-/m1/s1. The number of piperidine rings is 1. The highest BCUT2D eigenvalue weighted by Crippen LogP contribution is 2.66. The van der Waals surface area contributed by atoms with Crippen molar-refractivity contribution in [3.8, 4) is 11.5 Å². The maximum atomic E-state index is 13.6. The zero-order valence-electron chi connectivity index (χ0n) is 23.7. The lowest BCUT2D eigenvalue weighted by molar-refractivity contribution is -0.200. The van der Waals surface area contributed by atoms with E-state index in [0.29, 0.717) is 43.7 Å². The van der Waals surface area contributed by atoms with Gasteiger partial charge in [0.1, 0.15) is 6.10 Å². The highest BCUT2D eigenvalue weighted by atomic mass is 16.5. The molecule has 1 spiro atoms. The number of likely N-dealkylation sites (tertiary alicyclic amines) is 1. The van der Waals surface area contributed by atoms with Crippen LogP contribution in [0, 0.1) is 0 Å². The first-order valence-corrected chi connectivity index (χ1v) is 14.5. The highest BCUT2D eigenvalue weighted by molar-refractivity contribution is 5.93. The predicted molar refractivity (Wildman–Crippen MR) is 157 cm³/mol. The Morgan fingerprint density at radius 2 is 1.88 bits per heavy atom. The van der Waals surface area contributed by atoms with E-state index in [4.69, 9.17) is 13.9 Å². The van der Waals surface area contributed by atoms with Crippen LogP contribution >= 0.6 is 0 Å². The van der Waals surface area contributed by atoms with E-state index in [1.165, 1.54) is 0 Å². The molecule has 2 amide bonds. The molecule has 5 atom stereocenters. The number of aliphatic hydroxyl groups is 1. The largest absolute Gasteiger partial charge is 0.493 e. The minimum Gasteiger partial charge on any atom is -0.493 e. The van der Waals surface area contributed by atoms with Crippen LogP contribution in [-0.4, -0.2) is 71.2 Å². The van der Waals surface area contributed by atoms with E-state index in [9.17, 15) is 14.7 Å². The average molecular weight is 567 g/mol. The summed E-state index contributed by atoms with van der Waals surface area (Å²) < 4.78 is 17.6. The third-order valence-electron chi connectivity index (χ3n) is 9.94. The molecular weight excluding hydrogens is 532 g/mol. The Labute approximate surface area is 244 Å². The first-order valence-electron chi connectivity index (χ1n) is 14.5. The van der Waals surface area contributed by atoms with Crippen LogP contribution in [0.25, 0.3) is 12.2 Å². The van der Waals surface area contributed by atoms with Crippen molar-refractivity contribution in [3.05, 3.63) is 95.5 Å². The number of rotatable bonds is 6. The van der Waals surface area contributed by atoms with Gasteiger partial charge in [0.05, 0.1) is 42.7 Å². The minimum absolute atomic E-state index is 0.112. The lowest BCUT2D eigenvalue weighted by Gasteiger charge is -2.64. The SMILES string of the molecule is COc1ccc2c3c1O[C@H]1[C@H](N(C)C(=O)/C=C/c4ccoc4)CC[C@@]4(O)[C@@H](C2)N(C(=O)/C=C/c2ccccc2)CCC314. The molecule has 1 saturated heterocycles. The second-order valence-electron chi connectivity index (χ2n) is 11.8. The second-order valence-corrected chi connectivity index (χ2v) is 11.8. The van der Waals surface area contributed by atoms with Crippen LogP contribution in [0.15, 0.2) is 77.6 Å². The lowest BCUT2D eigenvalue weighted by atomic mass is 9.48. The Morgan fingerprint density at radius 1 is 1.07 bits per heavy atom. The summed E-state index contributed by atoms with van der Waals surface area (Å²) in [5.41, 5.74) is 1.80. The van der Waals surface area contributed by atoms with Gasteiger partial charge in [0, 0.05) is 36.9 Å². The van der Waals surface area contributed by atoms with Crippen molar-refractivity contribution in [1.82, 2.24) is 9.80 Å². The summed E-state index contributed by atoms with van der Waals surface area (Å²) in [6.45, 7) is 0.478. The summed E-state index contributed by atoms with van der Waals surface area (Å²) in [6.07, 6.45) is 11.4. The normalized spacial score (nSPS) is 28.9. The smallest absolute Gasteiger partial charge is 0.246 e. The van der Waals surface area contributed by atoms with Crippen molar-refractivity contribution in [1.29, 1.82) is 0 Å². The fraction of sp³-hybridized carbons (Fsp3) is 0.353. The van der Waals surface area contributed by atoms with E-state index in [0.717, 1.165) is 22.3 Å². The molecule has 1 saturated carbocycles. The van der Waals surface area contributed by atoms with Crippen molar-refractivity contribution in [2.24, 2.45) is 0 Å². The third kappa shape index (κ3) is 3.78. The molecule has 8 nitrogen and oxygen atoms in total. The van der Waals surface area contributed by atoms with Gasteiger partial charge in [0.15, 0.2) is 11.5 Å². The van der Waals surface area contributed by atoms with Crippen molar-refractivity contribution >= 4 is 24.0 Å². The van der Waals surface area contributed by atoms with Gasteiger partial charge in [-0.05, 0) is 61.1 Å². The maximum Gasteiger partial charge on any atom is 0.246 e. The molecule has 216 valence electrons. The number of carbonyl (C=O) groups is 2. The van der Waals surface area contributed by atoms with Crippen molar-refractivity contribution < 1.29 is 28.6 Å². The van der Waals surface area contributed by atoms with Crippen LogP contribution < -0.4 is 9.47 Å². The maximum absolute atomic E-state index is 13.6. The number of furan rings is 1. The molecule has 0 radical (unpaired) electrons. The van der Waals surface area contributed by atoms with E-state index in [1.54, 1.807) is 55.9 Å². The number of amides is 2. The number of hydrogen-bond acceptors (Lipinski definition) is 6. The lowest BCUT2D eigenvalue weighted by Crippen LogP contribution is -2.78. The molecule has 3 heterocycles. The predicted octanol–water partition coefficient (Wildman–Crippen LogP) is 4.22. The van der Waals surface area contributed by atoms with E-state index < -0.39 is 23.2 Å². The van der Waals surface area contributed by atoms with Crippen LogP contribution in [0.4, 0.5) is 0 Å². The molecule has 42 heavy (non-hydrogen) atoms. The molecule has 7 rings (SSSR count). The third-order valence-corrected chi connectivity index (χ3v) is 9.94. The fourth-order valence-corrected chi connectivity index (χ4v) is 7.97. The number of carbonyl (C=O) groups excluding carboxylic acids is 2. The molecule has 4 aliphatic rings. The summed E-state index contributed by atoms with van der Waals surface area (Å²) in [6, 6.07) is 14.8. The molecule has 2 aromatic carbocycles. The summed E-state index contributed by atoms with van der Waals surface area (Å²) in [5.74, 6) is 1.01. The first kappa shape index (κ1) is 26.6. The van der Waals surface area contributed by atoms with E-state index in [-0.39, 0.29) is 17.9 Å². The van der Waals surface area contributed by atoms with Gasteiger partial charge in [-0.1, -0.05) is 36.4 Å². The zero-order chi connectivity index (χ0) is 29.1. The number of hydrogen-bond donors (Lipinski definition) is 1. The van der Waals surface area contributed by atoms with Gasteiger partial charge in [-0.25, -0.2) is 0 Å². The van der Waals surface area contributed by atoms with Crippen LogP contribution in [0.1, 0.15) is 41.5 Å². The first-order chi connectivity index (χ1) is 20.4. The molecule has 1 aromatic heterocycles. The van der Waals surface area contributed by atoms with Gasteiger partial charge in [-0.3, -0.25) is 9.59 Å². The Balaban J connectivity index is 1.26. The highest BCUT2D eigenvalue weighted by Gasteiger charge is 2.73. The van der Waals surface area contributed by atoms with Crippen LogP contribution in [0.3, 0.4) is 0 Å². The molecule has 2 aliphatic carbocycles. The number of ether oxygens (including phenoxy) is 2. The van der Waals surface area contributed by atoms with Gasteiger partial charge >= 0.3 is 0 Å². The van der Waals surface area contributed by atoms with E-state index in [2.05, 4.69) is 0 Å². The second kappa shape index (κ2) is 9.91. The minimum atomic E-state index is -1.22. The monoisotopic (exact) mass is 566 g/mol. The van der Waals surface area contributed by atoms with Crippen LogP contribution in [-0.2, 0) is 21.4 Å². The molecular formula is C34H34N2O6. The number of likely N-dealkylation sites (N-methyl/N-ethyl adjacent to an activating group) is 1. The average Bonchev–Trinajstić information content (AvgIpc) is 3.65. The Kier molecular flexibility index (Phi) is 6.27. The fourth-order valence-electron chi connectivity index (χ4n) is 7.97. The summed E-state index contributed by atoms with van der Waals surface area (Å²) in [5, 5.41) is 12.8. The Hall–Kier alpha value is -4.30. The van der Waals surface area contributed by atoms with Gasteiger partial charge in [0.25, 0.3) is 0 Å². The molecule has 8 heteroatoms. The topological polar surface area (TPSA) is 92.4 Å². The van der Waals surface area contributed by atoms with Crippen molar-refractivity contribution in [2.45, 2.75) is 54.9 Å². The quantitative estimate of drug-likeness (QED) is 0.450. The summed E-state index contributed by atoms with van der Waals surface area (Å²) >= 11 is 0. The van der Waals surface area contributed by atoms with Crippen LogP contribution in [0.2, 0.25) is 0 Å². The van der Waals surface area contributed by atoms with Gasteiger partial charge in [-0.15, -0.1) is 0 Å². The molecule has 2 bridgehead atoms. The van der Waals surface area contributed by atoms with Gasteiger partial charge < -0.3 is 28.8 Å². The Bertz CT molecular complexity index is 1580. The van der Waals surface area contributed by atoms with E-state index >= 15 is 0 Å². The molecule has 1 N–H and O–H groups in total. The van der Waals surface area contributed by atoms with Gasteiger partial charge in [0.2, 0.25) is 11.8 Å². The van der Waals surface area contributed by atoms with Crippen molar-refractivity contribution in [2.75, 3.05) is 20.7 Å². The molecule has 3 aromatic rings. The van der Waals surface area contributed by atoms with Crippen LogP contribution in [0.5, 0.6) is 11.5 Å². The molecule has 2 aliphatic heterocycles. The molecule has 1 unspecified atom stereocenters. The zero-order valence-corrected chi connectivity index (χ0v) is 23.7. The van der Waals surface area contributed by atoms with Crippen molar-refractivity contribution in [3.63, 3.8) is 0 Å². The summed E-state index contributed by atoms with van der Waals surface area (Å²) in [7, 11) is 3.42. The number of nitrogens with zero attached hydrogens (tertiary/aromatic N) is 2. The Morgan fingerprint density at radius 3 is 2.64 bits per heavy atom. The number of benzene rings is 2. The number of methoxy groups -OCH3 is 1. The molecule has 2 fully saturated rings. The van der Waals surface area contributed by atoms with Gasteiger partial charge in [-0.2, -0.15) is 0 Å². The summed E-state index contributed by atoms with van der Waals surface area (Å²) in [4.78, 5) is 30.6.